The lowest BCUT2D eigenvalue weighted by atomic mass is 9.89. The largest absolute Gasteiger partial charge is 0.496 e. The molecule has 1 aromatic carbocycles. The summed E-state index contributed by atoms with van der Waals surface area (Å²) in [6, 6.07) is 5.55. The third kappa shape index (κ3) is 1.33. The van der Waals surface area contributed by atoms with Crippen molar-refractivity contribution < 1.29 is 9.13 Å². The fourth-order valence-electron chi connectivity index (χ4n) is 1.94. The molecular formula is C11H14FNO. The van der Waals surface area contributed by atoms with E-state index in [1.54, 1.807) is 20.1 Å². The van der Waals surface area contributed by atoms with Crippen molar-refractivity contribution >= 4 is 5.69 Å². The number of halogens is 1. The van der Waals surface area contributed by atoms with Gasteiger partial charge in [-0.05, 0) is 19.1 Å². The maximum absolute atomic E-state index is 14.2. The molecule has 0 saturated heterocycles. The molecule has 0 bridgehead atoms. The maximum Gasteiger partial charge on any atom is 0.140 e. The first kappa shape index (κ1) is 9.31. The van der Waals surface area contributed by atoms with Crippen LogP contribution in [0, 0.1) is 0 Å². The Morgan fingerprint density at radius 3 is 3.00 bits per heavy atom. The summed E-state index contributed by atoms with van der Waals surface area (Å²) in [5, 5.41) is 3.17. The molecule has 14 heavy (non-hydrogen) atoms. The maximum atomic E-state index is 14.2. The molecule has 0 aromatic heterocycles. The highest BCUT2D eigenvalue weighted by Gasteiger charge is 2.34. The highest BCUT2D eigenvalue weighted by Crippen LogP contribution is 2.43. The number of methoxy groups -OCH3 is 1. The summed E-state index contributed by atoms with van der Waals surface area (Å²) < 4.78 is 19.4. The first-order chi connectivity index (χ1) is 6.65. The minimum Gasteiger partial charge on any atom is -0.496 e. The van der Waals surface area contributed by atoms with Crippen LogP contribution < -0.4 is 10.1 Å². The van der Waals surface area contributed by atoms with Crippen molar-refractivity contribution in [1.29, 1.82) is 0 Å². The van der Waals surface area contributed by atoms with E-state index in [2.05, 4.69) is 5.32 Å². The van der Waals surface area contributed by atoms with Gasteiger partial charge < -0.3 is 10.1 Å². The number of alkyl halides is 1. The van der Waals surface area contributed by atoms with Crippen molar-refractivity contribution in [1.82, 2.24) is 0 Å². The Kier molecular flexibility index (Phi) is 2.10. The van der Waals surface area contributed by atoms with Crippen LogP contribution in [0.2, 0.25) is 0 Å². The molecule has 76 valence electrons. The normalized spacial score (nSPS) is 25.1. The molecule has 0 fully saturated rings. The third-order valence-electron chi connectivity index (χ3n) is 2.68. The van der Waals surface area contributed by atoms with E-state index in [0.717, 1.165) is 5.69 Å². The predicted molar refractivity (Wildman–Crippen MR) is 54.6 cm³/mol. The van der Waals surface area contributed by atoms with Gasteiger partial charge in [-0.2, -0.15) is 0 Å². The van der Waals surface area contributed by atoms with Crippen molar-refractivity contribution in [2.24, 2.45) is 0 Å². The lowest BCUT2D eigenvalue weighted by molar-refractivity contribution is 0.172. The van der Waals surface area contributed by atoms with Crippen molar-refractivity contribution in [3.05, 3.63) is 23.8 Å². The smallest absolute Gasteiger partial charge is 0.140 e. The molecule has 1 aromatic rings. The van der Waals surface area contributed by atoms with Gasteiger partial charge in [0, 0.05) is 18.7 Å². The number of benzene rings is 1. The molecule has 0 spiro atoms. The number of ether oxygens (including phenoxy) is 1. The average Bonchev–Trinajstić information content (AvgIpc) is 2.16. The number of nitrogens with one attached hydrogen (secondary N) is 1. The van der Waals surface area contributed by atoms with Crippen LogP contribution in [0.15, 0.2) is 18.2 Å². The first-order valence-corrected chi connectivity index (χ1v) is 4.75. The van der Waals surface area contributed by atoms with Crippen LogP contribution in [0.5, 0.6) is 5.75 Å². The van der Waals surface area contributed by atoms with E-state index >= 15 is 0 Å². The summed E-state index contributed by atoms with van der Waals surface area (Å²) in [6.07, 6.45) is 0.486. The van der Waals surface area contributed by atoms with Crippen LogP contribution in [-0.2, 0) is 5.67 Å². The van der Waals surface area contributed by atoms with Gasteiger partial charge in [-0.15, -0.1) is 0 Å². The Morgan fingerprint density at radius 2 is 2.29 bits per heavy atom. The second-order valence-corrected chi connectivity index (χ2v) is 3.76. The summed E-state index contributed by atoms with van der Waals surface area (Å²) in [5.74, 6) is 0.625. The van der Waals surface area contributed by atoms with Gasteiger partial charge in [0.05, 0.1) is 12.7 Å². The first-order valence-electron chi connectivity index (χ1n) is 4.75. The lowest BCUT2D eigenvalue weighted by Crippen LogP contribution is -2.27. The zero-order valence-corrected chi connectivity index (χ0v) is 8.43. The average molecular weight is 195 g/mol. The molecule has 0 aliphatic carbocycles. The second kappa shape index (κ2) is 3.15. The summed E-state index contributed by atoms with van der Waals surface area (Å²) in [5.41, 5.74) is 0.210. The summed E-state index contributed by atoms with van der Waals surface area (Å²) in [4.78, 5) is 0. The van der Waals surface area contributed by atoms with Gasteiger partial charge in [0.1, 0.15) is 11.4 Å². The van der Waals surface area contributed by atoms with E-state index in [1.165, 1.54) is 0 Å². The fraction of sp³-hybridized carbons (Fsp3) is 0.455. The Morgan fingerprint density at radius 1 is 1.50 bits per heavy atom. The Labute approximate surface area is 83.1 Å². The van der Waals surface area contributed by atoms with Crippen LogP contribution >= 0.6 is 0 Å². The van der Waals surface area contributed by atoms with Crippen molar-refractivity contribution in [3.8, 4) is 5.75 Å². The van der Waals surface area contributed by atoms with Crippen molar-refractivity contribution in [2.75, 3.05) is 19.0 Å². The van der Waals surface area contributed by atoms with Gasteiger partial charge in [0.2, 0.25) is 0 Å². The van der Waals surface area contributed by atoms with Crippen molar-refractivity contribution in [3.63, 3.8) is 0 Å². The fourth-order valence-corrected chi connectivity index (χ4v) is 1.94. The molecule has 1 N–H and O–H groups in total. The molecule has 1 heterocycles. The molecule has 0 saturated carbocycles. The molecular weight excluding hydrogens is 181 g/mol. The van der Waals surface area contributed by atoms with E-state index < -0.39 is 5.67 Å². The molecule has 2 rings (SSSR count). The standard InChI is InChI=1S/C11H14FNO/c1-11(12)6-7-13-8-4-3-5-9(14-2)10(8)11/h3-5,13H,6-7H2,1-2H3. The van der Waals surface area contributed by atoms with Crippen LogP contribution in [0.4, 0.5) is 10.1 Å². The molecule has 0 radical (unpaired) electrons. The Balaban J connectivity index is 2.58. The zero-order chi connectivity index (χ0) is 10.2. The highest BCUT2D eigenvalue weighted by atomic mass is 19.1. The quantitative estimate of drug-likeness (QED) is 0.743. The van der Waals surface area contributed by atoms with Gasteiger partial charge in [-0.3, -0.25) is 0 Å². The van der Waals surface area contributed by atoms with Gasteiger partial charge in [0.25, 0.3) is 0 Å². The number of anilines is 1. The van der Waals surface area contributed by atoms with Gasteiger partial charge >= 0.3 is 0 Å². The minimum atomic E-state index is -1.28. The third-order valence-corrected chi connectivity index (χ3v) is 2.68. The lowest BCUT2D eigenvalue weighted by Gasteiger charge is -2.30. The number of hydrogen-bond donors (Lipinski definition) is 1. The topological polar surface area (TPSA) is 21.3 Å². The minimum absolute atomic E-state index is 0.486. The van der Waals surface area contributed by atoms with E-state index in [1.807, 2.05) is 12.1 Å². The highest BCUT2D eigenvalue weighted by molar-refractivity contribution is 5.61. The van der Waals surface area contributed by atoms with Gasteiger partial charge in [0.15, 0.2) is 0 Å². The molecule has 1 atom stereocenters. The number of hydrogen-bond acceptors (Lipinski definition) is 2. The number of fused-ring (bicyclic) bond motifs is 1. The Bertz CT molecular complexity index is 335. The monoisotopic (exact) mass is 195 g/mol. The van der Waals surface area contributed by atoms with Crippen LogP contribution in [0.1, 0.15) is 18.9 Å². The van der Waals surface area contributed by atoms with E-state index in [0.29, 0.717) is 24.3 Å². The van der Waals surface area contributed by atoms with Crippen LogP contribution in [0.3, 0.4) is 0 Å². The van der Waals surface area contributed by atoms with E-state index in [-0.39, 0.29) is 0 Å². The zero-order valence-electron chi connectivity index (χ0n) is 8.43. The van der Waals surface area contributed by atoms with Crippen LogP contribution in [-0.4, -0.2) is 13.7 Å². The molecule has 1 aliphatic rings. The molecule has 2 nitrogen and oxygen atoms in total. The molecule has 0 amide bonds. The summed E-state index contributed by atoms with van der Waals surface area (Å²) in [6.45, 7) is 2.28. The van der Waals surface area contributed by atoms with Crippen LogP contribution in [0.25, 0.3) is 0 Å². The second-order valence-electron chi connectivity index (χ2n) is 3.76. The summed E-state index contributed by atoms with van der Waals surface area (Å²) in [7, 11) is 1.57. The molecule has 1 aliphatic heterocycles. The van der Waals surface area contributed by atoms with E-state index in [9.17, 15) is 4.39 Å². The van der Waals surface area contributed by atoms with Gasteiger partial charge in [-0.25, -0.2) is 4.39 Å². The molecule has 3 heteroatoms. The SMILES string of the molecule is COc1cccc2c1C(C)(F)CCN2. The van der Waals surface area contributed by atoms with Crippen molar-refractivity contribution in [2.45, 2.75) is 19.0 Å². The van der Waals surface area contributed by atoms with Gasteiger partial charge in [-0.1, -0.05) is 6.07 Å². The number of rotatable bonds is 1. The Hall–Kier alpha value is -1.25. The summed E-state index contributed by atoms with van der Waals surface area (Å²) >= 11 is 0. The predicted octanol–water partition coefficient (Wildman–Crippen LogP) is 2.70. The van der Waals surface area contributed by atoms with E-state index in [4.69, 9.17) is 4.74 Å². The molecule has 1 unspecified atom stereocenters.